The molecule has 1 fully saturated rings. The number of rotatable bonds is 7. The molecule has 9 heteroatoms. The number of unbranched alkanes of at least 4 members (excludes halogenated alkanes) is 1. The number of benzene rings is 2. The molecule has 1 amide bonds. The summed E-state index contributed by atoms with van der Waals surface area (Å²) in [5, 5.41) is 12.1. The second-order valence-corrected chi connectivity index (χ2v) is 11.4. The molecule has 1 N–H and O–H groups in total. The number of aromatic nitrogens is 3. The van der Waals surface area contributed by atoms with E-state index >= 15 is 0 Å². The number of fused-ring (bicyclic) bond motifs is 2. The molecule has 1 atom stereocenters. The van der Waals surface area contributed by atoms with E-state index in [1.54, 1.807) is 0 Å². The Bertz CT molecular complexity index is 1870. The number of aliphatic hydroxyl groups is 1. The lowest BCUT2D eigenvalue weighted by Gasteiger charge is -2.23. The van der Waals surface area contributed by atoms with Gasteiger partial charge in [-0.05, 0) is 74.2 Å². The van der Waals surface area contributed by atoms with Gasteiger partial charge in [0.15, 0.2) is 10.9 Å². The van der Waals surface area contributed by atoms with Crippen LogP contribution in [0.25, 0.3) is 21.6 Å². The number of aliphatic hydroxyl groups excluding tert-OH is 1. The number of nitrogens with zero attached hydrogens (tertiary/aromatic N) is 4. The van der Waals surface area contributed by atoms with Gasteiger partial charge in [0.2, 0.25) is 0 Å². The van der Waals surface area contributed by atoms with E-state index < -0.39 is 17.7 Å². The molecule has 41 heavy (non-hydrogen) atoms. The quantitative estimate of drug-likeness (QED) is 0.102. The fourth-order valence-electron chi connectivity index (χ4n) is 5.25. The number of ether oxygens (including phenoxy) is 1. The molecule has 2 aromatic carbocycles. The first-order valence-electron chi connectivity index (χ1n) is 13.6. The van der Waals surface area contributed by atoms with E-state index in [2.05, 4.69) is 11.9 Å². The predicted molar refractivity (Wildman–Crippen MR) is 161 cm³/mol. The Kier molecular flexibility index (Phi) is 6.83. The zero-order valence-corrected chi connectivity index (χ0v) is 24.2. The SMILES string of the molecule is CCCCOc1cccc(C2C(=C(O)c3nc4c(C)cccn4c3C)C(=O)C(=O)N2c2nc3ccc(C)cc3s2)c1. The van der Waals surface area contributed by atoms with Crippen LogP contribution in [0.4, 0.5) is 5.13 Å². The molecular weight excluding hydrogens is 536 g/mol. The van der Waals surface area contributed by atoms with Crippen molar-refractivity contribution < 1.29 is 19.4 Å². The molecule has 6 rings (SSSR count). The van der Waals surface area contributed by atoms with E-state index in [9.17, 15) is 14.7 Å². The van der Waals surface area contributed by atoms with Crippen molar-refractivity contribution in [1.82, 2.24) is 14.4 Å². The smallest absolute Gasteiger partial charge is 0.301 e. The van der Waals surface area contributed by atoms with Gasteiger partial charge in [0.1, 0.15) is 17.1 Å². The molecule has 1 aliphatic rings. The molecule has 1 saturated heterocycles. The highest BCUT2D eigenvalue weighted by Gasteiger charge is 2.48. The summed E-state index contributed by atoms with van der Waals surface area (Å²) >= 11 is 1.34. The first-order valence-corrected chi connectivity index (χ1v) is 14.5. The maximum Gasteiger partial charge on any atom is 0.301 e. The number of carbonyl (C=O) groups is 2. The molecular formula is C32H30N4O4S. The summed E-state index contributed by atoms with van der Waals surface area (Å²) in [6.07, 6.45) is 3.76. The van der Waals surface area contributed by atoms with Gasteiger partial charge in [0.25, 0.3) is 5.78 Å². The lowest BCUT2D eigenvalue weighted by Crippen LogP contribution is -2.29. The van der Waals surface area contributed by atoms with Crippen molar-refractivity contribution in [3.8, 4) is 5.75 Å². The number of Topliss-reactive ketones (excluding diaryl/α,β-unsaturated/α-hetero) is 1. The summed E-state index contributed by atoms with van der Waals surface area (Å²) in [4.78, 5) is 38.3. The molecule has 0 aliphatic carbocycles. The minimum Gasteiger partial charge on any atom is -0.505 e. The van der Waals surface area contributed by atoms with Crippen LogP contribution in [0, 0.1) is 20.8 Å². The summed E-state index contributed by atoms with van der Waals surface area (Å²) in [5.41, 5.74) is 4.93. The summed E-state index contributed by atoms with van der Waals surface area (Å²) < 4.78 is 8.73. The third kappa shape index (κ3) is 4.56. The Morgan fingerprint density at radius 2 is 1.88 bits per heavy atom. The van der Waals surface area contributed by atoms with E-state index in [-0.39, 0.29) is 17.0 Å². The fraction of sp³-hybridized carbons (Fsp3) is 0.250. The zero-order chi connectivity index (χ0) is 28.8. The molecule has 0 bridgehead atoms. The van der Waals surface area contributed by atoms with Gasteiger partial charge < -0.3 is 14.2 Å². The third-order valence-electron chi connectivity index (χ3n) is 7.43. The number of imidazole rings is 1. The van der Waals surface area contributed by atoms with Crippen LogP contribution >= 0.6 is 11.3 Å². The average molecular weight is 567 g/mol. The Hall–Kier alpha value is -4.50. The van der Waals surface area contributed by atoms with Gasteiger partial charge in [-0.2, -0.15) is 0 Å². The van der Waals surface area contributed by atoms with Crippen molar-refractivity contribution in [3.05, 3.63) is 94.4 Å². The van der Waals surface area contributed by atoms with Crippen LogP contribution in [0.1, 0.15) is 53.9 Å². The normalized spacial score (nSPS) is 16.8. The van der Waals surface area contributed by atoms with Crippen molar-refractivity contribution in [2.24, 2.45) is 0 Å². The Labute approximate surface area is 241 Å². The Morgan fingerprint density at radius 3 is 2.66 bits per heavy atom. The van der Waals surface area contributed by atoms with Crippen LogP contribution in [-0.2, 0) is 9.59 Å². The number of hydrogen-bond donors (Lipinski definition) is 1. The predicted octanol–water partition coefficient (Wildman–Crippen LogP) is 6.67. The highest BCUT2D eigenvalue weighted by atomic mass is 32.1. The second kappa shape index (κ2) is 10.5. The molecule has 5 aromatic rings. The van der Waals surface area contributed by atoms with Crippen LogP contribution in [0.2, 0.25) is 0 Å². The zero-order valence-electron chi connectivity index (χ0n) is 23.3. The van der Waals surface area contributed by atoms with E-state index in [1.807, 2.05) is 86.0 Å². The number of ketones is 1. The minimum absolute atomic E-state index is 0.0275. The summed E-state index contributed by atoms with van der Waals surface area (Å²) in [6.45, 7) is 8.40. The van der Waals surface area contributed by atoms with Gasteiger partial charge in [-0.15, -0.1) is 0 Å². The van der Waals surface area contributed by atoms with Crippen molar-refractivity contribution in [3.63, 3.8) is 0 Å². The first-order chi connectivity index (χ1) is 19.8. The maximum absolute atomic E-state index is 13.7. The van der Waals surface area contributed by atoms with E-state index in [0.29, 0.717) is 34.4 Å². The van der Waals surface area contributed by atoms with Gasteiger partial charge in [-0.25, -0.2) is 9.97 Å². The molecule has 1 unspecified atom stereocenters. The lowest BCUT2D eigenvalue weighted by molar-refractivity contribution is -0.132. The third-order valence-corrected chi connectivity index (χ3v) is 8.45. The number of carbonyl (C=O) groups excluding carboxylic acids is 2. The van der Waals surface area contributed by atoms with E-state index in [0.717, 1.165) is 34.2 Å². The van der Waals surface area contributed by atoms with Crippen LogP contribution in [0.3, 0.4) is 0 Å². The number of amides is 1. The highest BCUT2D eigenvalue weighted by molar-refractivity contribution is 7.22. The van der Waals surface area contributed by atoms with Gasteiger partial charge in [-0.1, -0.05) is 48.9 Å². The fourth-order valence-corrected chi connectivity index (χ4v) is 6.34. The molecule has 1 aliphatic heterocycles. The standard InChI is InChI=1S/C32H30N4O4S/c1-5-6-15-40-22-11-7-10-21(17-22)27-25(28(37)26-20(4)35-14-8-9-19(3)30(35)34-26)29(38)31(39)36(27)32-33-23-13-12-18(2)16-24(23)41-32/h7-14,16-17,27,37H,5-6,15H2,1-4H3. The van der Waals surface area contributed by atoms with Crippen LogP contribution < -0.4 is 9.64 Å². The number of anilines is 1. The van der Waals surface area contributed by atoms with Gasteiger partial charge in [0.05, 0.1) is 34.1 Å². The largest absolute Gasteiger partial charge is 0.505 e. The molecule has 0 radical (unpaired) electrons. The van der Waals surface area contributed by atoms with Gasteiger partial charge >= 0.3 is 5.91 Å². The van der Waals surface area contributed by atoms with E-state index in [1.165, 1.54) is 16.2 Å². The molecule has 3 aromatic heterocycles. The number of thiazole rings is 1. The minimum atomic E-state index is -0.920. The number of aryl methyl sites for hydroxylation is 3. The van der Waals surface area contributed by atoms with E-state index in [4.69, 9.17) is 9.72 Å². The van der Waals surface area contributed by atoms with Crippen LogP contribution in [0.15, 0.2) is 66.4 Å². The Balaban J connectivity index is 1.56. The van der Waals surface area contributed by atoms with Gasteiger partial charge in [0, 0.05) is 6.20 Å². The molecule has 0 spiro atoms. The monoisotopic (exact) mass is 566 g/mol. The summed E-state index contributed by atoms with van der Waals surface area (Å²) in [6, 6.07) is 16.1. The lowest BCUT2D eigenvalue weighted by atomic mass is 9.96. The number of pyridine rings is 1. The topological polar surface area (TPSA) is 97.0 Å². The van der Waals surface area contributed by atoms with Crippen molar-refractivity contribution in [2.75, 3.05) is 11.5 Å². The molecule has 208 valence electrons. The van der Waals surface area contributed by atoms with Crippen molar-refractivity contribution in [2.45, 2.75) is 46.6 Å². The van der Waals surface area contributed by atoms with Crippen LogP contribution in [0.5, 0.6) is 5.75 Å². The summed E-state index contributed by atoms with van der Waals surface area (Å²) in [5.74, 6) is -1.22. The molecule has 4 heterocycles. The van der Waals surface area contributed by atoms with Gasteiger partial charge in [-0.3, -0.25) is 14.5 Å². The first kappa shape index (κ1) is 26.7. The number of hydrogen-bond acceptors (Lipinski definition) is 7. The second-order valence-electron chi connectivity index (χ2n) is 10.3. The van der Waals surface area contributed by atoms with Crippen LogP contribution in [-0.4, -0.2) is 37.8 Å². The molecule has 8 nitrogen and oxygen atoms in total. The highest BCUT2D eigenvalue weighted by Crippen LogP contribution is 2.45. The molecule has 0 saturated carbocycles. The summed E-state index contributed by atoms with van der Waals surface area (Å²) in [7, 11) is 0. The average Bonchev–Trinajstić information content (AvgIpc) is 3.61. The Morgan fingerprint density at radius 1 is 1.05 bits per heavy atom. The van der Waals surface area contributed by atoms with Crippen molar-refractivity contribution in [1.29, 1.82) is 0 Å². The van der Waals surface area contributed by atoms with Crippen molar-refractivity contribution >= 4 is 49.8 Å². The maximum atomic E-state index is 13.7.